The Morgan fingerprint density at radius 2 is 1.90 bits per heavy atom. The van der Waals surface area contributed by atoms with Crippen LogP contribution in [-0.2, 0) is 17.6 Å². The lowest BCUT2D eigenvalue weighted by Gasteiger charge is -2.16. The first-order valence-corrected chi connectivity index (χ1v) is 13.4. The quantitative estimate of drug-likeness (QED) is 0.253. The molecule has 30 heavy (non-hydrogen) atoms. The summed E-state index contributed by atoms with van der Waals surface area (Å²) < 4.78 is 53.3. The van der Waals surface area contributed by atoms with Crippen molar-refractivity contribution in [1.82, 2.24) is 9.55 Å². The second kappa shape index (κ2) is 8.48. The van der Waals surface area contributed by atoms with Gasteiger partial charge in [-0.05, 0) is 30.3 Å². The molecule has 5 nitrogen and oxygen atoms in total. The average molecular weight is 458 g/mol. The van der Waals surface area contributed by atoms with Gasteiger partial charge in [0, 0.05) is 32.8 Å². The summed E-state index contributed by atoms with van der Waals surface area (Å²) in [5, 5.41) is 0.726. The largest absolute Gasteiger partial charge is 0.456 e. The predicted molar refractivity (Wildman–Crippen MR) is 115 cm³/mol. The lowest BCUT2D eigenvalue weighted by molar-refractivity contribution is -0.138. The number of hydrogen-bond donors (Lipinski definition) is 1. The van der Waals surface area contributed by atoms with E-state index < -0.39 is 19.8 Å². The number of alkyl halides is 3. The van der Waals surface area contributed by atoms with E-state index in [1.54, 1.807) is 10.8 Å². The molecular weight excluding hydrogens is 435 g/mol. The van der Waals surface area contributed by atoms with Gasteiger partial charge in [-0.25, -0.2) is 4.98 Å². The molecule has 2 N–H and O–H groups in total. The maximum Gasteiger partial charge on any atom is 0.420 e. The molecule has 3 rings (SSSR count). The highest BCUT2D eigenvalue weighted by atomic mass is 35.5. The van der Waals surface area contributed by atoms with Gasteiger partial charge in [-0.2, -0.15) is 13.2 Å². The molecule has 0 bridgehead atoms. The molecule has 0 aliphatic carbocycles. The Kier molecular flexibility index (Phi) is 6.35. The van der Waals surface area contributed by atoms with Crippen LogP contribution in [-0.4, -0.2) is 24.2 Å². The van der Waals surface area contributed by atoms with Crippen molar-refractivity contribution in [2.45, 2.75) is 38.6 Å². The number of rotatable bonds is 7. The molecule has 162 valence electrons. The Labute approximate surface area is 178 Å². The number of halogens is 4. The minimum atomic E-state index is -4.61. The van der Waals surface area contributed by atoms with Crippen LogP contribution >= 0.6 is 11.6 Å². The number of pyridine rings is 1. The zero-order valence-corrected chi connectivity index (χ0v) is 18.6. The number of nitrogens with zero attached hydrogens (tertiary/aromatic N) is 2. The number of anilines is 1. The monoisotopic (exact) mass is 457 g/mol. The molecule has 0 aliphatic rings. The first-order chi connectivity index (χ1) is 14.0. The van der Waals surface area contributed by atoms with E-state index in [1.807, 2.05) is 0 Å². The van der Waals surface area contributed by atoms with Crippen molar-refractivity contribution < 1.29 is 22.6 Å². The summed E-state index contributed by atoms with van der Waals surface area (Å²) in [6, 6.07) is 5.87. The van der Waals surface area contributed by atoms with Crippen molar-refractivity contribution in [3.63, 3.8) is 0 Å². The lowest BCUT2D eigenvalue weighted by atomic mass is 10.1. The summed E-state index contributed by atoms with van der Waals surface area (Å²) in [4.78, 5) is 4.30. The van der Waals surface area contributed by atoms with Crippen LogP contribution in [0.5, 0.6) is 11.5 Å². The van der Waals surface area contributed by atoms with Crippen LogP contribution < -0.4 is 10.5 Å². The minimum absolute atomic E-state index is 0.00537. The third-order valence-electron chi connectivity index (χ3n) is 4.43. The van der Waals surface area contributed by atoms with E-state index in [-0.39, 0.29) is 23.9 Å². The Hall–Kier alpha value is -2.23. The van der Waals surface area contributed by atoms with Gasteiger partial charge in [0.1, 0.15) is 29.4 Å². The maximum absolute atomic E-state index is 13.4. The molecule has 0 spiro atoms. The molecule has 2 heterocycles. The van der Waals surface area contributed by atoms with Gasteiger partial charge in [0.2, 0.25) is 0 Å². The number of benzene rings is 1. The fraction of sp³-hybridized carbons (Fsp3) is 0.350. The van der Waals surface area contributed by atoms with Gasteiger partial charge in [-0.3, -0.25) is 0 Å². The average Bonchev–Trinajstić information content (AvgIpc) is 2.95. The molecule has 3 aromatic rings. The summed E-state index contributed by atoms with van der Waals surface area (Å²) in [6.07, 6.45) is -1.53. The SMILES string of the molecule is C[Si](C)(C)CCOCn1cc(Cl)c2c(Oc3ccc(N)cc3C(F)(F)F)ccnc21. The first-order valence-electron chi connectivity index (χ1n) is 9.31. The maximum atomic E-state index is 13.4. The summed E-state index contributed by atoms with van der Waals surface area (Å²) in [5.41, 5.74) is 5.02. The lowest BCUT2D eigenvalue weighted by Crippen LogP contribution is -2.22. The summed E-state index contributed by atoms with van der Waals surface area (Å²) in [5.74, 6) is -0.194. The number of aromatic nitrogens is 2. The molecule has 1 aromatic carbocycles. The fourth-order valence-electron chi connectivity index (χ4n) is 2.84. The van der Waals surface area contributed by atoms with Crippen LogP contribution in [0.3, 0.4) is 0 Å². The van der Waals surface area contributed by atoms with Crippen molar-refractivity contribution >= 4 is 36.4 Å². The number of nitrogen functional groups attached to an aromatic ring is 1. The predicted octanol–water partition coefficient (Wildman–Crippen LogP) is 6.40. The molecule has 0 fully saturated rings. The van der Waals surface area contributed by atoms with Gasteiger partial charge < -0.3 is 19.8 Å². The van der Waals surface area contributed by atoms with E-state index in [4.69, 9.17) is 26.8 Å². The standard InChI is InChI=1S/C20H23ClF3N3O2Si/c1-30(2,3)9-8-28-12-27-11-15(21)18-17(6-7-26-19(18)27)29-16-5-4-13(25)10-14(16)20(22,23)24/h4-7,10-11H,8-9,12,25H2,1-3H3. The molecular formula is C20H23ClF3N3O2Si. The Morgan fingerprint density at radius 1 is 1.17 bits per heavy atom. The zero-order valence-electron chi connectivity index (χ0n) is 16.9. The molecule has 0 saturated heterocycles. The van der Waals surface area contributed by atoms with Gasteiger partial charge in [0.15, 0.2) is 0 Å². The minimum Gasteiger partial charge on any atom is -0.456 e. The highest BCUT2D eigenvalue weighted by Gasteiger charge is 2.35. The highest BCUT2D eigenvalue weighted by Crippen LogP contribution is 2.41. The first kappa shape index (κ1) is 22.5. The molecule has 0 radical (unpaired) electrons. The molecule has 2 aromatic heterocycles. The molecule has 0 atom stereocenters. The smallest absolute Gasteiger partial charge is 0.420 e. The van der Waals surface area contributed by atoms with Crippen molar-refractivity contribution in [2.75, 3.05) is 12.3 Å². The molecule has 0 aliphatic heterocycles. The van der Waals surface area contributed by atoms with Crippen molar-refractivity contribution in [3.05, 3.63) is 47.2 Å². The van der Waals surface area contributed by atoms with Gasteiger partial charge >= 0.3 is 6.18 Å². The van der Waals surface area contributed by atoms with E-state index in [0.29, 0.717) is 22.7 Å². The van der Waals surface area contributed by atoms with Crippen molar-refractivity contribution in [3.8, 4) is 11.5 Å². The van der Waals surface area contributed by atoms with Crippen molar-refractivity contribution in [2.24, 2.45) is 0 Å². The van der Waals surface area contributed by atoms with E-state index in [9.17, 15) is 13.2 Å². The topological polar surface area (TPSA) is 62.3 Å². The van der Waals surface area contributed by atoms with Gasteiger partial charge in [0.25, 0.3) is 0 Å². The van der Waals surface area contributed by atoms with E-state index in [2.05, 4.69) is 24.6 Å². The van der Waals surface area contributed by atoms with Crippen LogP contribution in [0.15, 0.2) is 36.7 Å². The fourth-order valence-corrected chi connectivity index (χ4v) is 3.89. The van der Waals surface area contributed by atoms with E-state index >= 15 is 0 Å². The number of hydrogen-bond acceptors (Lipinski definition) is 4. The van der Waals surface area contributed by atoms with Gasteiger partial charge in [0.05, 0.1) is 10.4 Å². The van der Waals surface area contributed by atoms with Gasteiger partial charge in [-0.1, -0.05) is 31.2 Å². The molecule has 0 unspecified atom stereocenters. The number of fused-ring (bicyclic) bond motifs is 1. The van der Waals surface area contributed by atoms with Crippen LogP contribution in [0.4, 0.5) is 18.9 Å². The molecule has 0 amide bonds. The summed E-state index contributed by atoms with van der Waals surface area (Å²) in [7, 11) is -1.22. The highest BCUT2D eigenvalue weighted by molar-refractivity contribution is 6.76. The van der Waals surface area contributed by atoms with E-state index in [1.165, 1.54) is 24.4 Å². The summed E-state index contributed by atoms with van der Waals surface area (Å²) >= 11 is 6.36. The zero-order chi connectivity index (χ0) is 22.1. The molecule has 10 heteroatoms. The second-order valence-corrected chi connectivity index (χ2v) is 14.2. The van der Waals surface area contributed by atoms with Crippen LogP contribution in [0.1, 0.15) is 5.56 Å². The third-order valence-corrected chi connectivity index (χ3v) is 6.42. The Bertz CT molecular complexity index is 1050. The normalized spacial score (nSPS) is 12.5. The van der Waals surface area contributed by atoms with Crippen LogP contribution in [0, 0.1) is 0 Å². The Morgan fingerprint density at radius 3 is 2.57 bits per heavy atom. The second-order valence-electron chi connectivity index (χ2n) is 8.16. The summed E-state index contributed by atoms with van der Waals surface area (Å²) in [6.45, 7) is 7.63. The Balaban J connectivity index is 1.90. The van der Waals surface area contributed by atoms with E-state index in [0.717, 1.165) is 12.1 Å². The molecule has 0 saturated carbocycles. The van der Waals surface area contributed by atoms with Crippen molar-refractivity contribution in [1.29, 1.82) is 0 Å². The number of ether oxygens (including phenoxy) is 2. The van der Waals surface area contributed by atoms with Gasteiger partial charge in [-0.15, -0.1) is 0 Å². The third kappa shape index (κ3) is 5.27. The van der Waals surface area contributed by atoms with Crippen LogP contribution in [0.25, 0.3) is 11.0 Å². The number of nitrogens with two attached hydrogens (primary N) is 1. The van der Waals surface area contributed by atoms with Crippen LogP contribution in [0.2, 0.25) is 30.7 Å².